The molecular formula is C19H13F4N3O3. The van der Waals surface area contributed by atoms with Gasteiger partial charge in [0.15, 0.2) is 17.1 Å². The Morgan fingerprint density at radius 2 is 1.97 bits per heavy atom. The zero-order valence-electron chi connectivity index (χ0n) is 14.7. The first-order valence-corrected chi connectivity index (χ1v) is 8.83. The third kappa shape index (κ3) is 2.81. The van der Waals surface area contributed by atoms with Gasteiger partial charge in [-0.1, -0.05) is 0 Å². The monoisotopic (exact) mass is 407 g/mol. The van der Waals surface area contributed by atoms with Gasteiger partial charge in [-0.05, 0) is 43.4 Å². The molecule has 1 amide bonds. The molecule has 2 heterocycles. The van der Waals surface area contributed by atoms with Gasteiger partial charge in [0.1, 0.15) is 11.2 Å². The lowest BCUT2D eigenvalue weighted by atomic mass is 9.50. The molecule has 3 aliphatic rings. The molecule has 3 saturated carbocycles. The largest absolute Gasteiger partial charge is 0.505 e. The van der Waals surface area contributed by atoms with Crippen LogP contribution in [0.4, 0.5) is 17.6 Å². The number of halogens is 4. The number of benzene rings is 1. The van der Waals surface area contributed by atoms with E-state index in [-0.39, 0.29) is 39.7 Å². The molecular weight excluding hydrogens is 394 g/mol. The number of aromatic hydroxyl groups is 1. The van der Waals surface area contributed by atoms with E-state index in [0.29, 0.717) is 12.0 Å². The average Bonchev–Trinajstić information content (AvgIpc) is 3.01. The lowest BCUT2D eigenvalue weighted by molar-refractivity contribution is -0.140. The maximum atomic E-state index is 13.6. The Hall–Kier alpha value is -3.17. The zero-order valence-corrected chi connectivity index (χ0v) is 14.7. The summed E-state index contributed by atoms with van der Waals surface area (Å²) in [4.78, 5) is 20.5. The SMILES string of the molecule is O=C(NC12CC(C1)C2)c1cc2nc(-c3cc(O)c(F)c(C(F)(F)F)c3)oc2cn1. The Balaban J connectivity index is 1.49. The summed E-state index contributed by atoms with van der Waals surface area (Å²) in [6.45, 7) is 0. The minimum Gasteiger partial charge on any atom is -0.505 e. The maximum absolute atomic E-state index is 13.6. The van der Waals surface area contributed by atoms with E-state index in [0.717, 1.165) is 25.3 Å². The van der Waals surface area contributed by atoms with Crippen LogP contribution < -0.4 is 5.32 Å². The predicted octanol–water partition coefficient (Wildman–Crippen LogP) is 4.04. The number of alkyl halides is 3. The lowest BCUT2D eigenvalue weighted by Gasteiger charge is -2.61. The Kier molecular flexibility index (Phi) is 3.50. The number of oxazole rings is 1. The van der Waals surface area contributed by atoms with Crippen molar-refractivity contribution in [2.75, 3.05) is 0 Å². The number of nitrogens with zero attached hydrogens (tertiary/aromatic N) is 2. The summed E-state index contributed by atoms with van der Waals surface area (Å²) in [6.07, 6.45) is -0.866. The van der Waals surface area contributed by atoms with Crippen molar-refractivity contribution in [3.63, 3.8) is 0 Å². The van der Waals surface area contributed by atoms with Gasteiger partial charge in [0.05, 0.1) is 11.8 Å². The molecule has 29 heavy (non-hydrogen) atoms. The third-order valence-electron chi connectivity index (χ3n) is 5.53. The number of phenols is 1. The summed E-state index contributed by atoms with van der Waals surface area (Å²) in [6, 6.07) is 2.67. The number of aromatic nitrogens is 2. The average molecular weight is 407 g/mol. The molecule has 3 aliphatic carbocycles. The smallest absolute Gasteiger partial charge is 0.419 e. The van der Waals surface area contributed by atoms with E-state index in [1.807, 2.05) is 0 Å². The van der Waals surface area contributed by atoms with Crippen molar-refractivity contribution in [3.8, 4) is 17.2 Å². The first kappa shape index (κ1) is 17.9. The minimum atomic E-state index is -5.00. The highest BCUT2D eigenvalue weighted by Crippen LogP contribution is 2.57. The predicted molar refractivity (Wildman–Crippen MR) is 91.4 cm³/mol. The molecule has 3 aromatic rings. The Morgan fingerprint density at radius 3 is 2.59 bits per heavy atom. The van der Waals surface area contributed by atoms with E-state index in [4.69, 9.17) is 4.42 Å². The standard InChI is InChI=1S/C19H13F4N3O3/c20-15-10(19(21,22)23)1-9(2-13(15)27)17-25-11-3-12(24-7-14(11)29-17)16(28)26-18-4-8(5-18)6-18/h1-3,7-8,27H,4-6H2,(H,26,28). The van der Waals surface area contributed by atoms with E-state index in [9.17, 15) is 27.5 Å². The number of fused-ring (bicyclic) bond motifs is 1. The van der Waals surface area contributed by atoms with Crippen LogP contribution in [0.25, 0.3) is 22.6 Å². The highest BCUT2D eigenvalue weighted by molar-refractivity contribution is 5.95. The Morgan fingerprint density at radius 1 is 1.24 bits per heavy atom. The second kappa shape index (κ2) is 5.68. The van der Waals surface area contributed by atoms with Gasteiger partial charge in [-0.2, -0.15) is 13.2 Å². The van der Waals surface area contributed by atoms with Crippen molar-refractivity contribution in [2.45, 2.75) is 31.0 Å². The molecule has 0 aliphatic heterocycles. The fourth-order valence-corrected chi connectivity index (χ4v) is 3.96. The molecule has 2 N–H and O–H groups in total. The van der Waals surface area contributed by atoms with Crippen LogP contribution in [0.5, 0.6) is 5.75 Å². The van der Waals surface area contributed by atoms with Gasteiger partial charge in [-0.25, -0.2) is 14.4 Å². The summed E-state index contributed by atoms with van der Waals surface area (Å²) in [5.74, 6) is -2.87. The van der Waals surface area contributed by atoms with Gasteiger partial charge in [0, 0.05) is 11.1 Å². The molecule has 6 rings (SSSR count). The number of hydrogen-bond donors (Lipinski definition) is 2. The maximum Gasteiger partial charge on any atom is 0.419 e. The van der Waals surface area contributed by atoms with Crippen molar-refractivity contribution < 1.29 is 31.9 Å². The number of amides is 1. The number of phenolic OH excluding ortho intramolecular Hbond substituents is 1. The van der Waals surface area contributed by atoms with Gasteiger partial charge in [0.2, 0.25) is 5.89 Å². The molecule has 0 saturated heterocycles. The quantitative estimate of drug-likeness (QED) is 0.640. The van der Waals surface area contributed by atoms with Crippen molar-refractivity contribution in [2.24, 2.45) is 5.92 Å². The highest BCUT2D eigenvalue weighted by atomic mass is 19.4. The molecule has 0 radical (unpaired) electrons. The number of carbonyl (C=O) groups excluding carboxylic acids is 1. The number of nitrogens with one attached hydrogen (secondary N) is 1. The molecule has 2 bridgehead atoms. The van der Waals surface area contributed by atoms with E-state index >= 15 is 0 Å². The summed E-state index contributed by atoms with van der Waals surface area (Å²) < 4.78 is 58.0. The molecule has 3 fully saturated rings. The number of hydrogen-bond acceptors (Lipinski definition) is 5. The molecule has 2 aromatic heterocycles. The van der Waals surface area contributed by atoms with Crippen LogP contribution in [-0.4, -0.2) is 26.5 Å². The molecule has 0 spiro atoms. The van der Waals surface area contributed by atoms with Crippen LogP contribution in [0.1, 0.15) is 35.3 Å². The summed E-state index contributed by atoms with van der Waals surface area (Å²) >= 11 is 0. The van der Waals surface area contributed by atoms with Crippen LogP contribution in [0.3, 0.4) is 0 Å². The number of rotatable bonds is 3. The van der Waals surface area contributed by atoms with Crippen molar-refractivity contribution in [1.29, 1.82) is 0 Å². The summed E-state index contributed by atoms with van der Waals surface area (Å²) in [7, 11) is 0. The van der Waals surface area contributed by atoms with Crippen molar-refractivity contribution >= 4 is 17.0 Å². The van der Waals surface area contributed by atoms with Gasteiger partial charge in [-0.3, -0.25) is 4.79 Å². The fourth-order valence-electron chi connectivity index (χ4n) is 3.96. The number of carbonyl (C=O) groups is 1. The number of pyridine rings is 1. The van der Waals surface area contributed by atoms with Gasteiger partial charge < -0.3 is 14.8 Å². The van der Waals surface area contributed by atoms with Crippen molar-refractivity contribution in [3.05, 3.63) is 41.5 Å². The highest BCUT2D eigenvalue weighted by Gasteiger charge is 2.57. The van der Waals surface area contributed by atoms with Crippen molar-refractivity contribution in [1.82, 2.24) is 15.3 Å². The van der Waals surface area contributed by atoms with E-state index in [1.165, 1.54) is 12.3 Å². The lowest BCUT2D eigenvalue weighted by Crippen LogP contribution is -2.68. The third-order valence-corrected chi connectivity index (χ3v) is 5.53. The molecule has 0 unspecified atom stereocenters. The summed E-state index contributed by atoms with van der Waals surface area (Å²) in [5.41, 5.74) is -1.57. The summed E-state index contributed by atoms with van der Waals surface area (Å²) in [5, 5.41) is 12.5. The normalized spacial score (nSPS) is 22.8. The molecule has 6 nitrogen and oxygen atoms in total. The van der Waals surface area contributed by atoms with E-state index in [2.05, 4.69) is 15.3 Å². The molecule has 150 valence electrons. The Labute approximate surface area is 160 Å². The second-order valence-electron chi connectivity index (χ2n) is 7.62. The van der Waals surface area contributed by atoms with Crippen LogP contribution >= 0.6 is 0 Å². The van der Waals surface area contributed by atoms with Crippen LogP contribution in [0.2, 0.25) is 0 Å². The van der Waals surface area contributed by atoms with E-state index < -0.39 is 23.3 Å². The van der Waals surface area contributed by atoms with Crippen LogP contribution in [0.15, 0.2) is 28.8 Å². The topological polar surface area (TPSA) is 88.2 Å². The van der Waals surface area contributed by atoms with Gasteiger partial charge >= 0.3 is 6.18 Å². The minimum absolute atomic E-state index is 0.111. The molecule has 0 atom stereocenters. The van der Waals surface area contributed by atoms with E-state index in [1.54, 1.807) is 0 Å². The first-order valence-electron chi connectivity index (χ1n) is 8.83. The molecule has 1 aromatic carbocycles. The van der Waals surface area contributed by atoms with Gasteiger partial charge in [0.25, 0.3) is 5.91 Å². The fraction of sp³-hybridized carbons (Fsp3) is 0.316. The first-order chi connectivity index (χ1) is 13.6. The van der Waals surface area contributed by atoms with Crippen LogP contribution in [0, 0.1) is 11.7 Å². The second-order valence-corrected chi connectivity index (χ2v) is 7.62. The Bertz CT molecular complexity index is 1150. The molecule has 10 heteroatoms. The van der Waals surface area contributed by atoms with Gasteiger partial charge in [-0.15, -0.1) is 0 Å². The van der Waals surface area contributed by atoms with Crippen LogP contribution in [-0.2, 0) is 6.18 Å². The zero-order chi connectivity index (χ0) is 20.6.